The maximum atomic E-state index is 13.9. The van der Waals surface area contributed by atoms with Crippen LogP contribution in [0.4, 0.5) is 5.69 Å². The summed E-state index contributed by atoms with van der Waals surface area (Å²) >= 11 is 3.51. The minimum absolute atomic E-state index is 0.0945. The summed E-state index contributed by atoms with van der Waals surface area (Å²) in [6.07, 6.45) is 2.74. The third-order valence-electron chi connectivity index (χ3n) is 6.85. The first-order chi connectivity index (χ1) is 19.5. The van der Waals surface area contributed by atoms with Crippen LogP contribution in [0.5, 0.6) is 0 Å². The SMILES string of the molecule is CCCNC(=O)[C@H](Cc1ccccc1)N(Cc1cccc(Br)c1)C(=O)CCCN(c1cc(C)ccc1C)S(C)(=O)=O. The number of rotatable bonds is 14. The van der Waals surface area contributed by atoms with Crippen molar-refractivity contribution in [2.24, 2.45) is 0 Å². The number of hydrogen-bond acceptors (Lipinski definition) is 4. The van der Waals surface area contributed by atoms with E-state index in [0.29, 0.717) is 25.1 Å². The van der Waals surface area contributed by atoms with Gasteiger partial charge in [-0.05, 0) is 67.1 Å². The zero-order chi connectivity index (χ0) is 30.0. The van der Waals surface area contributed by atoms with E-state index in [0.717, 1.165) is 33.1 Å². The molecular weight excluding hydrogens is 602 g/mol. The maximum absolute atomic E-state index is 13.9. The van der Waals surface area contributed by atoms with E-state index >= 15 is 0 Å². The molecule has 0 spiro atoms. The lowest BCUT2D eigenvalue weighted by Crippen LogP contribution is -2.50. The van der Waals surface area contributed by atoms with Crippen molar-refractivity contribution in [2.75, 3.05) is 23.7 Å². The molecule has 0 aliphatic carbocycles. The number of nitrogens with one attached hydrogen (secondary N) is 1. The number of hydrogen-bond donors (Lipinski definition) is 1. The number of halogens is 1. The van der Waals surface area contributed by atoms with E-state index in [4.69, 9.17) is 0 Å². The van der Waals surface area contributed by atoms with Crippen LogP contribution >= 0.6 is 15.9 Å². The van der Waals surface area contributed by atoms with Gasteiger partial charge in [0.25, 0.3) is 0 Å². The summed E-state index contributed by atoms with van der Waals surface area (Å²) in [5, 5.41) is 2.98. The lowest BCUT2D eigenvalue weighted by atomic mass is 10.0. The largest absolute Gasteiger partial charge is 0.354 e. The summed E-state index contributed by atoms with van der Waals surface area (Å²) in [5.41, 5.74) is 4.26. The number of benzene rings is 3. The van der Waals surface area contributed by atoms with Crippen LogP contribution < -0.4 is 9.62 Å². The topological polar surface area (TPSA) is 86.8 Å². The molecule has 3 aromatic rings. The van der Waals surface area contributed by atoms with Crippen molar-refractivity contribution >= 4 is 43.5 Å². The van der Waals surface area contributed by atoms with Crippen LogP contribution in [0.25, 0.3) is 0 Å². The highest BCUT2D eigenvalue weighted by Gasteiger charge is 2.30. The summed E-state index contributed by atoms with van der Waals surface area (Å²) in [6.45, 7) is 6.71. The number of anilines is 1. The average molecular weight is 643 g/mol. The van der Waals surface area contributed by atoms with Crippen LogP contribution in [0.2, 0.25) is 0 Å². The van der Waals surface area contributed by atoms with Crippen molar-refractivity contribution < 1.29 is 18.0 Å². The van der Waals surface area contributed by atoms with E-state index in [1.165, 1.54) is 10.6 Å². The van der Waals surface area contributed by atoms with Gasteiger partial charge in [0.15, 0.2) is 0 Å². The van der Waals surface area contributed by atoms with Gasteiger partial charge in [0.1, 0.15) is 6.04 Å². The lowest BCUT2D eigenvalue weighted by molar-refractivity contribution is -0.141. The van der Waals surface area contributed by atoms with Gasteiger partial charge in [0.2, 0.25) is 21.8 Å². The summed E-state index contributed by atoms with van der Waals surface area (Å²) in [7, 11) is -3.57. The number of amides is 2. The smallest absolute Gasteiger partial charge is 0.243 e. The number of carbonyl (C=O) groups excluding carboxylic acids is 2. The molecule has 0 aliphatic rings. The van der Waals surface area contributed by atoms with Gasteiger partial charge in [0.05, 0.1) is 11.9 Å². The van der Waals surface area contributed by atoms with E-state index < -0.39 is 16.1 Å². The van der Waals surface area contributed by atoms with Gasteiger partial charge in [-0.2, -0.15) is 0 Å². The molecule has 2 amide bonds. The van der Waals surface area contributed by atoms with Crippen molar-refractivity contribution in [1.82, 2.24) is 10.2 Å². The Balaban J connectivity index is 1.89. The third kappa shape index (κ3) is 9.71. The summed E-state index contributed by atoms with van der Waals surface area (Å²) in [5.74, 6) is -0.404. The summed E-state index contributed by atoms with van der Waals surface area (Å²) in [4.78, 5) is 29.0. The molecule has 0 saturated carbocycles. The molecule has 7 nitrogen and oxygen atoms in total. The summed E-state index contributed by atoms with van der Waals surface area (Å²) < 4.78 is 27.8. The highest BCUT2D eigenvalue weighted by Crippen LogP contribution is 2.25. The van der Waals surface area contributed by atoms with Crippen LogP contribution in [0, 0.1) is 13.8 Å². The first-order valence-corrected chi connectivity index (χ1v) is 16.5. The Morgan fingerprint density at radius 2 is 1.66 bits per heavy atom. The zero-order valence-corrected chi connectivity index (χ0v) is 26.7. The van der Waals surface area contributed by atoms with Crippen molar-refractivity contribution in [3.63, 3.8) is 0 Å². The second kappa shape index (κ2) is 15.2. The molecule has 9 heteroatoms. The zero-order valence-electron chi connectivity index (χ0n) is 24.3. The van der Waals surface area contributed by atoms with Crippen molar-refractivity contribution in [1.29, 1.82) is 0 Å². The number of nitrogens with zero attached hydrogens (tertiary/aromatic N) is 2. The van der Waals surface area contributed by atoms with E-state index in [9.17, 15) is 18.0 Å². The second-order valence-corrected chi connectivity index (χ2v) is 13.2. The van der Waals surface area contributed by atoms with Crippen molar-refractivity contribution in [2.45, 2.75) is 59.0 Å². The highest BCUT2D eigenvalue weighted by molar-refractivity contribution is 9.10. The summed E-state index contributed by atoms with van der Waals surface area (Å²) in [6, 6.07) is 22.3. The fraction of sp³-hybridized carbons (Fsp3) is 0.375. The predicted molar refractivity (Wildman–Crippen MR) is 169 cm³/mol. The van der Waals surface area contributed by atoms with Crippen LogP contribution in [-0.2, 0) is 32.6 Å². The van der Waals surface area contributed by atoms with Crippen molar-refractivity contribution in [3.8, 4) is 0 Å². The Bertz CT molecular complexity index is 1430. The molecule has 41 heavy (non-hydrogen) atoms. The van der Waals surface area contributed by atoms with Gasteiger partial charge < -0.3 is 10.2 Å². The van der Waals surface area contributed by atoms with Gasteiger partial charge in [0, 0.05) is 36.9 Å². The number of sulfonamides is 1. The van der Waals surface area contributed by atoms with Gasteiger partial charge in [-0.1, -0.05) is 77.5 Å². The Hall–Kier alpha value is -3.17. The molecule has 0 radical (unpaired) electrons. The van der Waals surface area contributed by atoms with Crippen LogP contribution in [0.3, 0.4) is 0 Å². The Morgan fingerprint density at radius 3 is 2.32 bits per heavy atom. The van der Waals surface area contributed by atoms with Gasteiger partial charge in [-0.3, -0.25) is 13.9 Å². The molecule has 0 aromatic heterocycles. The standard InChI is InChI=1S/C32H40BrN3O4S/c1-5-18-34-32(38)30(22-26-11-7-6-8-12-26)35(23-27-13-9-14-28(33)21-27)31(37)15-10-19-36(41(4,39)40)29-20-24(2)16-17-25(29)3/h6-9,11-14,16-17,20-21,30H,5,10,15,18-19,22-23H2,1-4H3,(H,34,38)/t30-/m0/s1. The number of carbonyl (C=O) groups is 2. The molecule has 0 aliphatic heterocycles. The maximum Gasteiger partial charge on any atom is 0.243 e. The molecule has 1 atom stereocenters. The molecule has 3 rings (SSSR count). The molecule has 0 bridgehead atoms. The van der Waals surface area contributed by atoms with E-state index in [1.54, 1.807) is 4.90 Å². The molecule has 220 valence electrons. The fourth-order valence-electron chi connectivity index (χ4n) is 4.72. The molecular formula is C32H40BrN3O4S. The van der Waals surface area contributed by atoms with Crippen LogP contribution in [-0.4, -0.2) is 50.5 Å². The van der Waals surface area contributed by atoms with Gasteiger partial charge in [-0.25, -0.2) is 8.42 Å². The molecule has 0 saturated heterocycles. The molecule has 3 aromatic carbocycles. The normalized spacial score (nSPS) is 12.0. The van der Waals surface area contributed by atoms with Crippen LogP contribution in [0.15, 0.2) is 77.3 Å². The number of aryl methyl sites for hydroxylation is 2. The fourth-order valence-corrected chi connectivity index (χ4v) is 6.18. The minimum atomic E-state index is -3.57. The predicted octanol–water partition coefficient (Wildman–Crippen LogP) is 5.78. The van der Waals surface area contributed by atoms with E-state index in [2.05, 4.69) is 21.2 Å². The Morgan fingerprint density at radius 1 is 0.951 bits per heavy atom. The first kappa shape index (κ1) is 32.3. The molecule has 0 fully saturated rings. The lowest BCUT2D eigenvalue weighted by Gasteiger charge is -2.32. The van der Waals surface area contributed by atoms with Gasteiger partial charge in [-0.15, -0.1) is 0 Å². The molecule has 0 heterocycles. The van der Waals surface area contributed by atoms with Crippen LogP contribution in [0.1, 0.15) is 48.4 Å². The van der Waals surface area contributed by atoms with Crippen molar-refractivity contribution in [3.05, 3.63) is 99.5 Å². The van der Waals surface area contributed by atoms with E-state index in [1.807, 2.05) is 93.6 Å². The minimum Gasteiger partial charge on any atom is -0.354 e. The second-order valence-electron chi connectivity index (χ2n) is 10.4. The van der Waals surface area contributed by atoms with E-state index in [-0.39, 0.29) is 31.3 Å². The Kier molecular flexibility index (Phi) is 12.0. The molecule has 1 N–H and O–H groups in total. The molecule has 0 unspecified atom stereocenters. The average Bonchev–Trinajstić information content (AvgIpc) is 2.93. The monoisotopic (exact) mass is 641 g/mol. The highest BCUT2D eigenvalue weighted by atomic mass is 79.9. The first-order valence-electron chi connectivity index (χ1n) is 13.9. The Labute approximate surface area is 253 Å². The quantitative estimate of drug-likeness (QED) is 0.242. The van der Waals surface area contributed by atoms with Gasteiger partial charge >= 0.3 is 0 Å². The third-order valence-corrected chi connectivity index (χ3v) is 8.52.